The van der Waals surface area contributed by atoms with Gasteiger partial charge in [0.15, 0.2) is 0 Å². The van der Waals surface area contributed by atoms with Gasteiger partial charge in [0.05, 0.1) is 14.2 Å². The molecule has 1 atom stereocenters. The standard InChI is InChI=1S/C27H34N6O4/c1-19(27(35)28-22-7-5-4-6-8-22)32(17-20-9-13-23(36-2)14-10-20)25(34)18-33-30-26(29-31-33)21-11-15-24(37-3)16-12-21/h9-16,19,22H,4-8,17-18H2,1-3H3,(H,28,35)/t19-/m0/s1. The molecule has 1 aliphatic rings. The third-order valence-corrected chi connectivity index (χ3v) is 6.71. The first-order valence-electron chi connectivity index (χ1n) is 12.6. The van der Waals surface area contributed by atoms with Gasteiger partial charge in [-0.05, 0) is 66.9 Å². The molecule has 4 rings (SSSR count). The van der Waals surface area contributed by atoms with E-state index in [4.69, 9.17) is 9.47 Å². The van der Waals surface area contributed by atoms with Crippen molar-refractivity contribution in [2.75, 3.05) is 14.2 Å². The molecule has 0 aliphatic heterocycles. The molecule has 0 unspecified atom stereocenters. The highest BCUT2D eigenvalue weighted by molar-refractivity contribution is 5.87. The van der Waals surface area contributed by atoms with Crippen molar-refractivity contribution in [1.29, 1.82) is 0 Å². The molecular formula is C27H34N6O4. The molecule has 2 aromatic carbocycles. The summed E-state index contributed by atoms with van der Waals surface area (Å²) in [6, 6.07) is 14.2. The predicted molar refractivity (Wildman–Crippen MR) is 138 cm³/mol. The van der Waals surface area contributed by atoms with Crippen LogP contribution in [0, 0.1) is 0 Å². The van der Waals surface area contributed by atoms with Gasteiger partial charge in [0.1, 0.15) is 24.1 Å². The predicted octanol–water partition coefficient (Wildman–Crippen LogP) is 3.22. The van der Waals surface area contributed by atoms with Crippen LogP contribution in [0.3, 0.4) is 0 Å². The first-order valence-corrected chi connectivity index (χ1v) is 12.6. The summed E-state index contributed by atoms with van der Waals surface area (Å²) in [5.41, 5.74) is 1.65. The van der Waals surface area contributed by atoms with E-state index in [2.05, 4.69) is 20.7 Å². The monoisotopic (exact) mass is 506 g/mol. The van der Waals surface area contributed by atoms with E-state index in [0.29, 0.717) is 5.82 Å². The molecule has 10 nitrogen and oxygen atoms in total. The van der Waals surface area contributed by atoms with Crippen molar-refractivity contribution in [3.8, 4) is 22.9 Å². The van der Waals surface area contributed by atoms with E-state index in [9.17, 15) is 9.59 Å². The lowest BCUT2D eigenvalue weighted by molar-refractivity contribution is -0.141. The van der Waals surface area contributed by atoms with Crippen molar-refractivity contribution in [1.82, 2.24) is 30.4 Å². The lowest BCUT2D eigenvalue weighted by Crippen LogP contribution is -2.51. The zero-order chi connectivity index (χ0) is 26.2. The molecule has 3 aromatic rings. The minimum absolute atomic E-state index is 0.139. The zero-order valence-electron chi connectivity index (χ0n) is 21.6. The topological polar surface area (TPSA) is 111 Å². The number of carbonyl (C=O) groups is 2. The summed E-state index contributed by atoms with van der Waals surface area (Å²) in [6.45, 7) is 1.89. The summed E-state index contributed by atoms with van der Waals surface area (Å²) in [5, 5.41) is 15.7. The van der Waals surface area contributed by atoms with E-state index >= 15 is 0 Å². The highest BCUT2D eigenvalue weighted by Gasteiger charge is 2.28. The third-order valence-electron chi connectivity index (χ3n) is 6.71. The summed E-state index contributed by atoms with van der Waals surface area (Å²) in [5.74, 6) is 1.42. The molecule has 0 bridgehead atoms. The second-order valence-electron chi connectivity index (χ2n) is 9.26. The Balaban J connectivity index is 1.49. The van der Waals surface area contributed by atoms with Crippen LogP contribution in [-0.2, 0) is 22.7 Å². The number of methoxy groups -OCH3 is 2. The van der Waals surface area contributed by atoms with Gasteiger partial charge in [-0.2, -0.15) is 4.80 Å². The van der Waals surface area contributed by atoms with Crippen LogP contribution >= 0.6 is 0 Å². The van der Waals surface area contributed by atoms with Gasteiger partial charge in [0.25, 0.3) is 0 Å². The number of benzene rings is 2. The molecule has 1 heterocycles. The van der Waals surface area contributed by atoms with Crippen molar-refractivity contribution >= 4 is 11.8 Å². The molecule has 0 spiro atoms. The maximum Gasteiger partial charge on any atom is 0.247 e. The molecule has 1 N–H and O–H groups in total. The van der Waals surface area contributed by atoms with Crippen LogP contribution in [0.25, 0.3) is 11.4 Å². The summed E-state index contributed by atoms with van der Waals surface area (Å²) >= 11 is 0. The average Bonchev–Trinajstić information content (AvgIpc) is 3.40. The molecule has 0 radical (unpaired) electrons. The van der Waals surface area contributed by atoms with E-state index < -0.39 is 6.04 Å². The SMILES string of the molecule is COc1ccc(CN(C(=O)Cn2nnc(-c3ccc(OC)cc3)n2)[C@@H](C)C(=O)NC2CCCCC2)cc1. The molecule has 196 valence electrons. The number of hydrogen-bond donors (Lipinski definition) is 1. The van der Waals surface area contributed by atoms with Crippen LogP contribution in [0.5, 0.6) is 11.5 Å². The Morgan fingerprint density at radius 1 is 1.00 bits per heavy atom. The Hall–Kier alpha value is -3.95. The van der Waals surface area contributed by atoms with Gasteiger partial charge in [-0.25, -0.2) is 0 Å². The molecule has 1 aromatic heterocycles. The fourth-order valence-corrected chi connectivity index (χ4v) is 4.46. The Bertz CT molecular complexity index is 1170. The Labute approximate surface area is 216 Å². The first-order chi connectivity index (χ1) is 18.0. The third kappa shape index (κ3) is 6.84. The van der Waals surface area contributed by atoms with Crippen molar-refractivity contribution < 1.29 is 19.1 Å². The number of aromatic nitrogens is 4. The number of rotatable bonds is 10. The van der Waals surface area contributed by atoms with Gasteiger partial charge >= 0.3 is 0 Å². The minimum atomic E-state index is -0.666. The van der Waals surface area contributed by atoms with Gasteiger partial charge in [-0.15, -0.1) is 10.2 Å². The Morgan fingerprint density at radius 3 is 2.24 bits per heavy atom. The molecular weight excluding hydrogens is 472 g/mol. The molecule has 10 heteroatoms. The largest absolute Gasteiger partial charge is 0.497 e. The van der Waals surface area contributed by atoms with Crippen molar-refractivity contribution in [2.45, 2.75) is 64.2 Å². The van der Waals surface area contributed by atoms with Crippen LogP contribution in [-0.4, -0.2) is 63.2 Å². The van der Waals surface area contributed by atoms with E-state index in [-0.39, 0.29) is 30.9 Å². The van der Waals surface area contributed by atoms with Crippen LogP contribution in [0.1, 0.15) is 44.6 Å². The smallest absolute Gasteiger partial charge is 0.247 e. The Morgan fingerprint density at radius 2 is 1.62 bits per heavy atom. The second kappa shape index (κ2) is 12.3. The molecule has 37 heavy (non-hydrogen) atoms. The van der Waals surface area contributed by atoms with Crippen LogP contribution in [0.4, 0.5) is 0 Å². The summed E-state index contributed by atoms with van der Waals surface area (Å²) < 4.78 is 10.4. The maximum atomic E-state index is 13.5. The molecule has 1 saturated carbocycles. The second-order valence-corrected chi connectivity index (χ2v) is 9.26. The first kappa shape index (κ1) is 26.1. The molecule has 1 aliphatic carbocycles. The lowest BCUT2D eigenvalue weighted by atomic mass is 9.95. The van der Waals surface area contributed by atoms with E-state index in [1.54, 1.807) is 26.0 Å². The number of nitrogens with one attached hydrogen (secondary N) is 1. The average molecular weight is 507 g/mol. The fraction of sp³-hybridized carbons (Fsp3) is 0.444. The molecule has 0 saturated heterocycles. The van der Waals surface area contributed by atoms with Gasteiger partial charge < -0.3 is 19.7 Å². The Kier molecular flexibility index (Phi) is 8.71. The fourth-order valence-electron chi connectivity index (χ4n) is 4.46. The zero-order valence-corrected chi connectivity index (χ0v) is 21.6. The highest BCUT2D eigenvalue weighted by atomic mass is 16.5. The number of ether oxygens (including phenoxy) is 2. The van der Waals surface area contributed by atoms with Gasteiger partial charge in [0.2, 0.25) is 17.6 Å². The van der Waals surface area contributed by atoms with Crippen LogP contribution < -0.4 is 14.8 Å². The quantitative estimate of drug-likeness (QED) is 0.449. The van der Waals surface area contributed by atoms with E-state index in [1.807, 2.05) is 48.5 Å². The molecule has 2 amide bonds. The van der Waals surface area contributed by atoms with Crippen LogP contribution in [0.15, 0.2) is 48.5 Å². The van der Waals surface area contributed by atoms with Gasteiger partial charge in [0, 0.05) is 18.2 Å². The van der Waals surface area contributed by atoms with Crippen molar-refractivity contribution in [2.24, 2.45) is 0 Å². The number of nitrogens with zero attached hydrogens (tertiary/aromatic N) is 5. The summed E-state index contributed by atoms with van der Waals surface area (Å²) in [7, 11) is 3.21. The van der Waals surface area contributed by atoms with Crippen molar-refractivity contribution in [3.63, 3.8) is 0 Å². The van der Waals surface area contributed by atoms with Gasteiger partial charge in [-0.3, -0.25) is 9.59 Å². The summed E-state index contributed by atoms with van der Waals surface area (Å²) in [6.07, 6.45) is 5.38. The van der Waals surface area contributed by atoms with Crippen LogP contribution in [0.2, 0.25) is 0 Å². The van der Waals surface area contributed by atoms with Gasteiger partial charge in [-0.1, -0.05) is 31.4 Å². The van der Waals surface area contributed by atoms with Crippen molar-refractivity contribution in [3.05, 3.63) is 54.1 Å². The normalized spacial score (nSPS) is 14.6. The summed E-state index contributed by atoms with van der Waals surface area (Å²) in [4.78, 5) is 29.5. The minimum Gasteiger partial charge on any atom is -0.497 e. The number of carbonyl (C=O) groups excluding carboxylic acids is 2. The number of amides is 2. The lowest BCUT2D eigenvalue weighted by Gasteiger charge is -2.31. The highest BCUT2D eigenvalue weighted by Crippen LogP contribution is 2.20. The van der Waals surface area contributed by atoms with E-state index in [0.717, 1.165) is 48.3 Å². The molecule has 1 fully saturated rings. The number of hydrogen-bond acceptors (Lipinski definition) is 7. The van der Waals surface area contributed by atoms with E-state index in [1.165, 1.54) is 11.2 Å². The number of tetrazole rings is 1. The maximum absolute atomic E-state index is 13.5.